The number of hydrogen-bond donors (Lipinski definition) is 1. The molecular weight excluding hydrogens is 423 g/mol. The normalized spacial score (nSPS) is 11.9. The monoisotopic (exact) mass is 428 g/mol. The van der Waals surface area contributed by atoms with Crippen molar-refractivity contribution in [3.05, 3.63) is 43.3 Å². The number of aliphatic carboxylic acids is 1. The Hall–Kier alpha value is -0.490. The van der Waals surface area contributed by atoms with Crippen molar-refractivity contribution in [1.29, 1.82) is 0 Å². The quantitative estimate of drug-likeness (QED) is 0.668. The summed E-state index contributed by atoms with van der Waals surface area (Å²) in [5.41, 5.74) is 1.94. The van der Waals surface area contributed by atoms with E-state index in [1.54, 1.807) is 12.1 Å². The van der Waals surface area contributed by atoms with E-state index in [9.17, 15) is 4.79 Å². The first-order valence-electron chi connectivity index (χ1n) is 4.91. The Kier molecular flexibility index (Phi) is 6.93. The Balaban J connectivity index is 2.94. The SMILES string of the molecule is O=C(O)/C=C/c1cc(Br)c(OC/C(Cl)=C/Cl)c(Br)c1. The van der Waals surface area contributed by atoms with Gasteiger partial charge in [0.15, 0.2) is 0 Å². The summed E-state index contributed by atoms with van der Waals surface area (Å²) in [6.07, 6.45) is 2.54. The number of carboxylic acids is 1. The summed E-state index contributed by atoms with van der Waals surface area (Å²) < 4.78 is 6.83. The molecule has 1 aromatic rings. The minimum atomic E-state index is -1.01. The lowest BCUT2D eigenvalue weighted by Gasteiger charge is -2.10. The second-order valence-electron chi connectivity index (χ2n) is 3.33. The zero-order valence-electron chi connectivity index (χ0n) is 9.37. The van der Waals surface area contributed by atoms with Gasteiger partial charge in [0.05, 0.1) is 14.0 Å². The molecule has 102 valence electrons. The maximum Gasteiger partial charge on any atom is 0.328 e. The molecule has 0 atom stereocenters. The Bertz CT molecular complexity index is 519. The average molecular weight is 431 g/mol. The molecule has 0 aliphatic heterocycles. The van der Waals surface area contributed by atoms with Crippen molar-refractivity contribution in [3.63, 3.8) is 0 Å². The van der Waals surface area contributed by atoms with Crippen molar-refractivity contribution in [1.82, 2.24) is 0 Å². The third-order valence-electron chi connectivity index (χ3n) is 1.91. The fourth-order valence-electron chi connectivity index (χ4n) is 1.15. The first kappa shape index (κ1) is 16.6. The Labute approximate surface area is 137 Å². The number of halogens is 4. The van der Waals surface area contributed by atoms with Crippen LogP contribution in [0.25, 0.3) is 6.08 Å². The largest absolute Gasteiger partial charge is 0.486 e. The van der Waals surface area contributed by atoms with Gasteiger partial charge < -0.3 is 9.84 Å². The standard InChI is InChI=1S/C12H8Br2Cl2O3/c13-9-3-7(1-2-11(17)18)4-10(14)12(9)19-6-8(16)5-15/h1-5H,6H2,(H,17,18)/b2-1+,8-5-. The van der Waals surface area contributed by atoms with Crippen molar-refractivity contribution in [2.45, 2.75) is 0 Å². The van der Waals surface area contributed by atoms with Crippen LogP contribution in [-0.2, 0) is 4.79 Å². The van der Waals surface area contributed by atoms with Crippen LogP contribution in [0.15, 0.2) is 37.7 Å². The number of rotatable bonds is 5. The van der Waals surface area contributed by atoms with E-state index in [-0.39, 0.29) is 6.61 Å². The van der Waals surface area contributed by atoms with E-state index in [1.165, 1.54) is 11.6 Å². The second kappa shape index (κ2) is 7.94. The van der Waals surface area contributed by atoms with Crippen molar-refractivity contribution in [2.24, 2.45) is 0 Å². The molecule has 0 saturated carbocycles. The van der Waals surface area contributed by atoms with Gasteiger partial charge in [0, 0.05) is 11.6 Å². The Morgan fingerprint density at radius 3 is 2.42 bits per heavy atom. The van der Waals surface area contributed by atoms with Crippen molar-refractivity contribution in [2.75, 3.05) is 6.61 Å². The van der Waals surface area contributed by atoms with Crippen LogP contribution < -0.4 is 4.74 Å². The molecule has 0 heterocycles. The number of carbonyl (C=O) groups is 1. The highest BCUT2D eigenvalue weighted by Crippen LogP contribution is 2.35. The second-order valence-corrected chi connectivity index (χ2v) is 5.74. The number of benzene rings is 1. The zero-order chi connectivity index (χ0) is 14.4. The molecule has 0 aliphatic rings. The third kappa shape index (κ3) is 5.57. The first-order valence-corrected chi connectivity index (χ1v) is 7.31. The van der Waals surface area contributed by atoms with E-state index >= 15 is 0 Å². The van der Waals surface area contributed by atoms with Gasteiger partial charge in [-0.15, -0.1) is 0 Å². The number of hydrogen-bond acceptors (Lipinski definition) is 2. The topological polar surface area (TPSA) is 46.5 Å². The van der Waals surface area contributed by atoms with Crippen LogP contribution in [0.4, 0.5) is 0 Å². The fraction of sp³-hybridized carbons (Fsp3) is 0.0833. The molecule has 0 aromatic heterocycles. The highest BCUT2D eigenvalue weighted by Gasteiger charge is 2.09. The number of ether oxygens (including phenoxy) is 1. The minimum absolute atomic E-state index is 0.145. The van der Waals surface area contributed by atoms with Gasteiger partial charge >= 0.3 is 5.97 Å². The van der Waals surface area contributed by atoms with Gasteiger partial charge in [0.2, 0.25) is 0 Å². The summed E-state index contributed by atoms with van der Waals surface area (Å²) >= 11 is 17.9. The van der Waals surface area contributed by atoms with Crippen LogP contribution in [0.3, 0.4) is 0 Å². The molecule has 1 rings (SSSR count). The van der Waals surface area contributed by atoms with Gasteiger partial charge in [-0.05, 0) is 55.6 Å². The summed E-state index contributed by atoms with van der Waals surface area (Å²) in [7, 11) is 0. The van der Waals surface area contributed by atoms with Crippen molar-refractivity contribution < 1.29 is 14.6 Å². The molecule has 0 amide bonds. The molecule has 0 aliphatic carbocycles. The molecule has 0 spiro atoms. The third-order valence-corrected chi connectivity index (χ3v) is 3.68. The smallest absolute Gasteiger partial charge is 0.328 e. The molecule has 0 saturated heterocycles. The Morgan fingerprint density at radius 2 is 1.95 bits per heavy atom. The van der Waals surface area contributed by atoms with Crippen LogP contribution in [0.2, 0.25) is 0 Å². The summed E-state index contributed by atoms with van der Waals surface area (Å²) in [5.74, 6) is -0.448. The molecular formula is C12H8Br2Cl2O3. The predicted octanol–water partition coefficient (Wildman–Crippen LogP) is 5.01. The lowest BCUT2D eigenvalue weighted by Crippen LogP contribution is -1.98. The molecule has 1 N–H and O–H groups in total. The minimum Gasteiger partial charge on any atom is -0.486 e. The van der Waals surface area contributed by atoms with Crippen LogP contribution >= 0.6 is 55.1 Å². The molecule has 0 bridgehead atoms. The maximum atomic E-state index is 10.5. The van der Waals surface area contributed by atoms with Gasteiger partial charge in [-0.2, -0.15) is 0 Å². The highest BCUT2D eigenvalue weighted by molar-refractivity contribution is 9.11. The zero-order valence-corrected chi connectivity index (χ0v) is 14.1. The van der Waals surface area contributed by atoms with Crippen LogP contribution in [-0.4, -0.2) is 17.7 Å². The summed E-state index contributed by atoms with van der Waals surface area (Å²) in [5, 5.41) is 8.94. The summed E-state index contributed by atoms with van der Waals surface area (Å²) in [4.78, 5) is 10.5. The van der Waals surface area contributed by atoms with Crippen molar-refractivity contribution >= 4 is 67.1 Å². The highest BCUT2D eigenvalue weighted by atomic mass is 79.9. The van der Waals surface area contributed by atoms with Crippen LogP contribution in [0, 0.1) is 0 Å². The van der Waals surface area contributed by atoms with E-state index in [0.717, 1.165) is 6.08 Å². The van der Waals surface area contributed by atoms with E-state index in [2.05, 4.69) is 31.9 Å². The predicted molar refractivity (Wildman–Crippen MR) is 83.8 cm³/mol. The molecule has 3 nitrogen and oxygen atoms in total. The van der Waals surface area contributed by atoms with Gasteiger partial charge in [-0.1, -0.05) is 23.2 Å². The lowest BCUT2D eigenvalue weighted by atomic mass is 10.2. The van der Waals surface area contributed by atoms with Gasteiger partial charge in [-0.3, -0.25) is 0 Å². The van der Waals surface area contributed by atoms with Crippen LogP contribution in [0.5, 0.6) is 5.75 Å². The number of carboxylic acid groups (broad SMARTS) is 1. The lowest BCUT2D eigenvalue weighted by molar-refractivity contribution is -0.131. The van der Waals surface area contributed by atoms with Crippen molar-refractivity contribution in [3.8, 4) is 5.75 Å². The molecule has 0 fully saturated rings. The van der Waals surface area contributed by atoms with Crippen LogP contribution in [0.1, 0.15) is 5.56 Å². The maximum absolute atomic E-state index is 10.5. The first-order chi connectivity index (χ1) is 8.93. The molecule has 0 radical (unpaired) electrons. The molecule has 7 heteroatoms. The van der Waals surface area contributed by atoms with E-state index in [0.29, 0.717) is 25.3 Å². The van der Waals surface area contributed by atoms with Gasteiger partial charge in [-0.25, -0.2) is 4.79 Å². The van der Waals surface area contributed by atoms with Gasteiger partial charge in [0.25, 0.3) is 0 Å². The van der Waals surface area contributed by atoms with E-state index in [1.807, 2.05) is 0 Å². The summed E-state index contributed by atoms with van der Waals surface area (Å²) in [6.45, 7) is 0.145. The van der Waals surface area contributed by atoms with Gasteiger partial charge in [0.1, 0.15) is 12.4 Å². The molecule has 0 unspecified atom stereocenters. The van der Waals surface area contributed by atoms with E-state index < -0.39 is 5.97 Å². The van der Waals surface area contributed by atoms with E-state index in [4.69, 9.17) is 33.0 Å². The average Bonchev–Trinajstić information content (AvgIpc) is 2.34. The summed E-state index contributed by atoms with van der Waals surface area (Å²) in [6, 6.07) is 3.47. The molecule has 1 aromatic carbocycles. The Morgan fingerprint density at radius 1 is 1.37 bits per heavy atom. The molecule has 19 heavy (non-hydrogen) atoms. The fourth-order valence-corrected chi connectivity index (χ4v) is 2.72.